The van der Waals surface area contributed by atoms with Crippen molar-refractivity contribution in [2.24, 2.45) is 5.11 Å². The molecule has 0 spiro atoms. The number of hydrogen-bond donors (Lipinski definition) is 3. The van der Waals surface area contributed by atoms with E-state index in [-0.39, 0.29) is 0 Å². The first kappa shape index (κ1) is 16.8. The molecule has 0 unspecified atom stereocenters. The van der Waals surface area contributed by atoms with Crippen LogP contribution in [0.15, 0.2) is 5.11 Å². The molecule has 0 aromatic heterocycles. The Morgan fingerprint density at radius 2 is 1.82 bits per heavy atom. The van der Waals surface area contributed by atoms with Gasteiger partial charge in [-0.05, 0) is 54.0 Å². The van der Waals surface area contributed by atoms with Gasteiger partial charge in [0.2, 0.25) is 0 Å². The topological polar surface area (TPSA) is 104 Å². The Kier molecular flexibility index (Phi) is 5.44. The Morgan fingerprint density at radius 3 is 2.36 bits per heavy atom. The van der Waals surface area contributed by atoms with Gasteiger partial charge in [-0.2, -0.15) is 0 Å². The first-order chi connectivity index (χ1) is 10.5. The van der Waals surface area contributed by atoms with Crippen molar-refractivity contribution in [3.05, 3.63) is 32.7 Å². The summed E-state index contributed by atoms with van der Waals surface area (Å²) in [4.78, 5) is 5.20. The summed E-state index contributed by atoms with van der Waals surface area (Å²) in [5.41, 5.74) is 13.2. The summed E-state index contributed by atoms with van der Waals surface area (Å²) >= 11 is 0. The van der Waals surface area contributed by atoms with Gasteiger partial charge >= 0.3 is 7.12 Å². The number of nitrogens with one attached hydrogen (secondary N) is 1. The lowest BCUT2D eigenvalue weighted by molar-refractivity contribution is 0.232. The zero-order chi connectivity index (χ0) is 16.3. The van der Waals surface area contributed by atoms with Gasteiger partial charge in [0.05, 0.1) is 0 Å². The van der Waals surface area contributed by atoms with Gasteiger partial charge in [0, 0.05) is 43.3 Å². The maximum Gasteiger partial charge on any atom is 0.488 e. The molecule has 1 aromatic carbocycles. The monoisotopic (exact) mass is 303 g/mol. The van der Waals surface area contributed by atoms with Crippen molar-refractivity contribution < 1.29 is 10.0 Å². The van der Waals surface area contributed by atoms with Crippen LogP contribution in [0.25, 0.3) is 10.4 Å². The molecular weight excluding hydrogens is 281 g/mol. The maximum atomic E-state index is 9.70. The molecule has 0 amide bonds. The first-order valence-corrected chi connectivity index (χ1v) is 7.44. The highest BCUT2D eigenvalue weighted by molar-refractivity contribution is 6.60. The summed E-state index contributed by atoms with van der Waals surface area (Å²) in [5, 5.41) is 26.5. The third-order valence-electron chi connectivity index (χ3n) is 4.42. The van der Waals surface area contributed by atoms with E-state index >= 15 is 0 Å². The maximum absolute atomic E-state index is 9.70. The van der Waals surface area contributed by atoms with Crippen LogP contribution >= 0.6 is 0 Å². The highest BCUT2D eigenvalue weighted by Gasteiger charge is 2.24. The summed E-state index contributed by atoms with van der Waals surface area (Å²) < 4.78 is 0. The van der Waals surface area contributed by atoms with E-state index in [1.165, 1.54) is 0 Å². The Bertz CT molecular complexity index is 608. The number of piperazine rings is 1. The van der Waals surface area contributed by atoms with Crippen LogP contribution in [-0.2, 0) is 6.54 Å². The Labute approximate surface area is 130 Å². The minimum Gasteiger partial charge on any atom is -0.423 e. The summed E-state index contributed by atoms with van der Waals surface area (Å²) in [7, 11) is -1.57. The van der Waals surface area contributed by atoms with Crippen LogP contribution < -0.4 is 10.8 Å². The van der Waals surface area contributed by atoms with Crippen LogP contribution in [-0.4, -0.2) is 48.2 Å². The smallest absolute Gasteiger partial charge is 0.423 e. The Balaban J connectivity index is 2.53. The molecule has 22 heavy (non-hydrogen) atoms. The van der Waals surface area contributed by atoms with Crippen molar-refractivity contribution in [2.75, 3.05) is 26.2 Å². The third-order valence-corrected chi connectivity index (χ3v) is 4.42. The van der Waals surface area contributed by atoms with Gasteiger partial charge in [-0.3, -0.25) is 4.90 Å². The molecule has 118 valence electrons. The van der Waals surface area contributed by atoms with Crippen molar-refractivity contribution in [3.8, 4) is 0 Å². The standard InChI is InChI=1S/C14H22BN5O2/c1-9-12(8-20-6-4-17-5-7-20)10(2)14(18-19-16)11(3)13(9)15(21)22/h17,21-22H,4-8H2,1-3H3. The van der Waals surface area contributed by atoms with Gasteiger partial charge < -0.3 is 15.4 Å². The molecule has 0 radical (unpaired) electrons. The number of hydrogen-bond acceptors (Lipinski definition) is 5. The van der Waals surface area contributed by atoms with Crippen molar-refractivity contribution in [1.82, 2.24) is 10.2 Å². The lowest BCUT2D eigenvalue weighted by Gasteiger charge is -2.30. The normalized spacial score (nSPS) is 15.5. The van der Waals surface area contributed by atoms with E-state index in [0.29, 0.717) is 23.3 Å². The zero-order valence-corrected chi connectivity index (χ0v) is 13.3. The Morgan fingerprint density at radius 1 is 1.18 bits per heavy atom. The van der Waals surface area contributed by atoms with Crippen LogP contribution in [0, 0.1) is 20.8 Å². The summed E-state index contributed by atoms with van der Waals surface area (Å²) in [6.07, 6.45) is 0. The van der Waals surface area contributed by atoms with Crippen LogP contribution in [0.5, 0.6) is 0 Å². The molecule has 0 aliphatic carbocycles. The molecule has 2 rings (SSSR count). The summed E-state index contributed by atoms with van der Waals surface area (Å²) in [6, 6.07) is 0. The molecule has 1 aromatic rings. The highest BCUT2D eigenvalue weighted by atomic mass is 16.4. The van der Waals surface area contributed by atoms with Crippen LogP contribution in [0.3, 0.4) is 0 Å². The predicted molar refractivity (Wildman–Crippen MR) is 87.4 cm³/mol. The largest absolute Gasteiger partial charge is 0.488 e. The molecular formula is C14H22BN5O2. The van der Waals surface area contributed by atoms with Gasteiger partial charge in [0.25, 0.3) is 0 Å². The number of nitrogens with zero attached hydrogens (tertiary/aromatic N) is 4. The number of azide groups is 1. The fourth-order valence-corrected chi connectivity index (χ4v) is 3.19. The molecule has 1 aliphatic rings. The van der Waals surface area contributed by atoms with Gasteiger partial charge in [0.1, 0.15) is 0 Å². The van der Waals surface area contributed by atoms with Crippen LogP contribution in [0.4, 0.5) is 5.69 Å². The molecule has 0 atom stereocenters. The van der Waals surface area contributed by atoms with Crippen molar-refractivity contribution in [2.45, 2.75) is 27.3 Å². The van der Waals surface area contributed by atoms with Gasteiger partial charge in [-0.25, -0.2) is 0 Å². The molecule has 3 N–H and O–H groups in total. The van der Waals surface area contributed by atoms with Crippen molar-refractivity contribution in [1.29, 1.82) is 0 Å². The molecule has 7 nitrogen and oxygen atoms in total. The molecule has 8 heteroatoms. The van der Waals surface area contributed by atoms with E-state index in [2.05, 4.69) is 20.2 Å². The Hall–Kier alpha value is -1.57. The van der Waals surface area contributed by atoms with Gasteiger partial charge in [0.15, 0.2) is 0 Å². The van der Waals surface area contributed by atoms with Crippen LogP contribution in [0.1, 0.15) is 22.3 Å². The van der Waals surface area contributed by atoms with Crippen molar-refractivity contribution in [3.63, 3.8) is 0 Å². The van der Waals surface area contributed by atoms with Crippen LogP contribution in [0.2, 0.25) is 0 Å². The van der Waals surface area contributed by atoms with Crippen molar-refractivity contribution >= 4 is 18.3 Å². The second-order valence-electron chi connectivity index (χ2n) is 5.71. The number of benzene rings is 1. The minimum atomic E-state index is -1.57. The van der Waals surface area contributed by atoms with E-state index in [1.807, 2.05) is 13.8 Å². The minimum absolute atomic E-state index is 0.443. The fourth-order valence-electron chi connectivity index (χ4n) is 3.19. The second kappa shape index (κ2) is 7.13. The molecule has 1 saturated heterocycles. The van der Waals surface area contributed by atoms with E-state index < -0.39 is 7.12 Å². The average molecular weight is 303 g/mol. The zero-order valence-electron chi connectivity index (χ0n) is 13.3. The summed E-state index contributed by atoms with van der Waals surface area (Å²) in [6.45, 7) is 10.1. The second-order valence-corrected chi connectivity index (χ2v) is 5.71. The highest BCUT2D eigenvalue weighted by Crippen LogP contribution is 2.29. The molecule has 0 bridgehead atoms. The van der Waals surface area contributed by atoms with E-state index in [9.17, 15) is 10.0 Å². The van der Waals surface area contributed by atoms with Gasteiger partial charge in [-0.1, -0.05) is 5.11 Å². The predicted octanol–water partition coefficient (Wildman–Crippen LogP) is 0.639. The lowest BCUT2D eigenvalue weighted by atomic mass is 9.71. The third kappa shape index (κ3) is 3.26. The van der Waals surface area contributed by atoms with E-state index in [0.717, 1.165) is 42.9 Å². The lowest BCUT2D eigenvalue weighted by Crippen LogP contribution is -2.43. The molecule has 1 fully saturated rings. The first-order valence-electron chi connectivity index (χ1n) is 7.44. The average Bonchev–Trinajstić information content (AvgIpc) is 2.49. The molecule has 1 aliphatic heterocycles. The van der Waals surface area contributed by atoms with E-state index in [4.69, 9.17) is 5.53 Å². The summed E-state index contributed by atoms with van der Waals surface area (Å²) in [5.74, 6) is 0. The molecule has 1 heterocycles. The van der Waals surface area contributed by atoms with E-state index in [1.54, 1.807) is 6.92 Å². The SMILES string of the molecule is Cc1c(CN2CCNCC2)c(C)c(B(O)O)c(C)c1N=[N+]=[N-]. The van der Waals surface area contributed by atoms with Gasteiger partial charge in [-0.15, -0.1) is 0 Å². The fraction of sp³-hybridized carbons (Fsp3) is 0.571. The molecule has 0 saturated carbocycles. The quantitative estimate of drug-likeness (QED) is 0.328. The number of rotatable bonds is 4.